The molecule has 1 atom stereocenters. The summed E-state index contributed by atoms with van der Waals surface area (Å²) in [5.74, 6) is -1.17. The Morgan fingerprint density at radius 3 is 2.43 bits per heavy atom. The molecule has 2 aromatic rings. The van der Waals surface area contributed by atoms with Crippen molar-refractivity contribution < 1.29 is 9.59 Å². The predicted molar refractivity (Wildman–Crippen MR) is 95.4 cm³/mol. The zero-order chi connectivity index (χ0) is 16.8. The second kappa shape index (κ2) is 7.92. The Kier molecular flexibility index (Phi) is 5.93. The lowest BCUT2D eigenvalue weighted by Crippen LogP contribution is -2.37. The van der Waals surface area contributed by atoms with Gasteiger partial charge in [0, 0.05) is 11.0 Å². The number of nitrogens with one attached hydrogen (secondary N) is 2. The van der Waals surface area contributed by atoms with Gasteiger partial charge in [-0.25, -0.2) is 0 Å². The Labute approximate surface area is 144 Å². The van der Waals surface area contributed by atoms with E-state index in [0.29, 0.717) is 12.2 Å². The van der Waals surface area contributed by atoms with E-state index in [0.717, 1.165) is 15.6 Å². The Bertz CT molecular complexity index is 701. The van der Waals surface area contributed by atoms with E-state index in [1.54, 1.807) is 6.07 Å². The minimum Gasteiger partial charge on any atom is -0.347 e. The monoisotopic (exact) mass is 374 g/mol. The summed E-state index contributed by atoms with van der Waals surface area (Å²) < 4.78 is 0.747. The molecule has 0 aromatic heterocycles. The molecule has 2 aromatic carbocycles. The molecule has 0 saturated carbocycles. The van der Waals surface area contributed by atoms with Gasteiger partial charge in [0.15, 0.2) is 0 Å². The molecule has 0 spiro atoms. The Morgan fingerprint density at radius 2 is 1.78 bits per heavy atom. The number of rotatable bonds is 4. The summed E-state index contributed by atoms with van der Waals surface area (Å²) in [4.78, 5) is 23.9. The van der Waals surface area contributed by atoms with Crippen LogP contribution in [0.5, 0.6) is 0 Å². The third-order valence-electron chi connectivity index (χ3n) is 3.52. The molecule has 0 aliphatic carbocycles. The molecule has 0 radical (unpaired) electrons. The number of anilines is 1. The van der Waals surface area contributed by atoms with Gasteiger partial charge in [-0.1, -0.05) is 43.3 Å². The van der Waals surface area contributed by atoms with Crippen LogP contribution in [0.15, 0.2) is 53.0 Å². The number of aryl methyl sites for hydroxylation is 1. The van der Waals surface area contributed by atoms with Crippen LogP contribution < -0.4 is 10.6 Å². The van der Waals surface area contributed by atoms with E-state index < -0.39 is 11.8 Å². The predicted octanol–water partition coefficient (Wildman–Crippen LogP) is 3.62. The van der Waals surface area contributed by atoms with E-state index in [-0.39, 0.29) is 5.92 Å². The minimum absolute atomic E-state index is 0.138. The number of carbonyl (C=O) groups excluding carboxylic acids is 2. The van der Waals surface area contributed by atoms with Crippen LogP contribution in [0.3, 0.4) is 0 Å². The van der Waals surface area contributed by atoms with E-state index in [4.69, 9.17) is 0 Å². The number of hydrogen-bond acceptors (Lipinski definition) is 2. The molecule has 0 fully saturated rings. The molecule has 2 amide bonds. The van der Waals surface area contributed by atoms with E-state index >= 15 is 0 Å². The smallest absolute Gasteiger partial charge is 0.313 e. The fraction of sp³-hybridized carbons (Fsp3) is 0.222. The first kappa shape index (κ1) is 17.2. The van der Waals surface area contributed by atoms with E-state index in [2.05, 4.69) is 26.6 Å². The van der Waals surface area contributed by atoms with E-state index in [1.807, 2.05) is 56.3 Å². The molecule has 0 saturated heterocycles. The molecule has 0 aliphatic rings. The first-order chi connectivity index (χ1) is 11.0. The quantitative estimate of drug-likeness (QED) is 0.802. The average Bonchev–Trinajstić information content (AvgIpc) is 2.55. The molecule has 0 aliphatic heterocycles. The van der Waals surface area contributed by atoms with Crippen LogP contribution in [0.1, 0.15) is 24.0 Å². The lowest BCUT2D eigenvalue weighted by atomic mass is 10.0. The summed E-state index contributed by atoms with van der Waals surface area (Å²) in [5.41, 5.74) is 2.76. The SMILES string of the molecule is Cc1ccc(NC(=O)C(=O)NC[C@@H](C)c2ccccc2)c(Br)c1. The molecule has 23 heavy (non-hydrogen) atoms. The van der Waals surface area contributed by atoms with Crippen LogP contribution in [0.4, 0.5) is 5.69 Å². The fourth-order valence-electron chi connectivity index (χ4n) is 2.13. The summed E-state index contributed by atoms with van der Waals surface area (Å²) in [5, 5.41) is 5.27. The number of hydrogen-bond donors (Lipinski definition) is 2. The van der Waals surface area contributed by atoms with Crippen LogP contribution >= 0.6 is 15.9 Å². The first-order valence-corrected chi connectivity index (χ1v) is 8.17. The highest BCUT2D eigenvalue weighted by molar-refractivity contribution is 9.10. The van der Waals surface area contributed by atoms with Crippen molar-refractivity contribution in [2.24, 2.45) is 0 Å². The van der Waals surface area contributed by atoms with Crippen molar-refractivity contribution in [3.63, 3.8) is 0 Å². The molecule has 0 unspecified atom stereocenters. The third kappa shape index (κ3) is 4.93. The van der Waals surface area contributed by atoms with Crippen molar-refractivity contribution >= 4 is 33.4 Å². The molecule has 0 bridgehead atoms. The second-order valence-corrected chi connectivity index (χ2v) is 6.31. The van der Waals surface area contributed by atoms with Crippen LogP contribution in [-0.2, 0) is 9.59 Å². The summed E-state index contributed by atoms with van der Waals surface area (Å²) >= 11 is 3.37. The molecule has 2 rings (SSSR count). The van der Waals surface area contributed by atoms with Crippen LogP contribution in [0.25, 0.3) is 0 Å². The zero-order valence-corrected chi connectivity index (χ0v) is 14.7. The molecular weight excluding hydrogens is 356 g/mol. The molecule has 120 valence electrons. The lowest BCUT2D eigenvalue weighted by Gasteiger charge is -2.13. The maximum absolute atomic E-state index is 12.0. The van der Waals surface area contributed by atoms with Gasteiger partial charge in [0.1, 0.15) is 0 Å². The number of halogens is 1. The number of benzene rings is 2. The second-order valence-electron chi connectivity index (χ2n) is 5.46. The van der Waals surface area contributed by atoms with E-state index in [9.17, 15) is 9.59 Å². The van der Waals surface area contributed by atoms with Gasteiger partial charge < -0.3 is 10.6 Å². The standard InChI is InChI=1S/C18H19BrN2O2/c1-12-8-9-16(15(19)10-12)21-18(23)17(22)20-11-13(2)14-6-4-3-5-7-14/h3-10,13H,11H2,1-2H3,(H,20,22)(H,21,23)/t13-/m1/s1. The molecule has 5 heteroatoms. The normalized spacial score (nSPS) is 11.6. The first-order valence-electron chi connectivity index (χ1n) is 7.37. The lowest BCUT2D eigenvalue weighted by molar-refractivity contribution is -0.136. The molecule has 0 heterocycles. The third-order valence-corrected chi connectivity index (χ3v) is 4.17. The van der Waals surface area contributed by atoms with Gasteiger partial charge >= 0.3 is 11.8 Å². The summed E-state index contributed by atoms with van der Waals surface area (Å²) in [6.07, 6.45) is 0. The molecule has 2 N–H and O–H groups in total. The summed E-state index contributed by atoms with van der Waals surface area (Å²) in [6, 6.07) is 15.4. The maximum Gasteiger partial charge on any atom is 0.313 e. The molecule has 4 nitrogen and oxygen atoms in total. The van der Waals surface area contributed by atoms with Gasteiger partial charge in [0.05, 0.1) is 5.69 Å². The van der Waals surface area contributed by atoms with Gasteiger partial charge in [0.2, 0.25) is 0 Å². The topological polar surface area (TPSA) is 58.2 Å². The van der Waals surface area contributed by atoms with Crippen LogP contribution in [0, 0.1) is 6.92 Å². The zero-order valence-electron chi connectivity index (χ0n) is 13.1. The van der Waals surface area contributed by atoms with Crippen molar-refractivity contribution in [3.05, 3.63) is 64.1 Å². The molecular formula is C18H19BrN2O2. The summed E-state index contributed by atoms with van der Waals surface area (Å²) in [6.45, 7) is 4.36. The largest absolute Gasteiger partial charge is 0.347 e. The van der Waals surface area contributed by atoms with Gasteiger partial charge in [-0.05, 0) is 52.0 Å². The van der Waals surface area contributed by atoms with Crippen molar-refractivity contribution in [2.45, 2.75) is 19.8 Å². The fourth-order valence-corrected chi connectivity index (χ4v) is 2.72. The Balaban J connectivity index is 1.89. The highest BCUT2D eigenvalue weighted by atomic mass is 79.9. The van der Waals surface area contributed by atoms with Crippen molar-refractivity contribution in [3.8, 4) is 0 Å². The van der Waals surface area contributed by atoms with Crippen molar-refractivity contribution in [1.82, 2.24) is 5.32 Å². The number of carbonyl (C=O) groups is 2. The maximum atomic E-state index is 12.0. The van der Waals surface area contributed by atoms with Crippen LogP contribution in [0.2, 0.25) is 0 Å². The van der Waals surface area contributed by atoms with E-state index in [1.165, 1.54) is 0 Å². The van der Waals surface area contributed by atoms with Gasteiger partial charge in [-0.3, -0.25) is 9.59 Å². The average molecular weight is 375 g/mol. The number of amides is 2. The van der Waals surface area contributed by atoms with Gasteiger partial charge in [-0.15, -0.1) is 0 Å². The van der Waals surface area contributed by atoms with Gasteiger partial charge in [-0.2, -0.15) is 0 Å². The van der Waals surface area contributed by atoms with Gasteiger partial charge in [0.25, 0.3) is 0 Å². The van der Waals surface area contributed by atoms with Crippen molar-refractivity contribution in [2.75, 3.05) is 11.9 Å². The summed E-state index contributed by atoms with van der Waals surface area (Å²) in [7, 11) is 0. The van der Waals surface area contributed by atoms with Crippen molar-refractivity contribution in [1.29, 1.82) is 0 Å². The highest BCUT2D eigenvalue weighted by Gasteiger charge is 2.16. The Morgan fingerprint density at radius 1 is 1.09 bits per heavy atom. The minimum atomic E-state index is -0.671. The highest BCUT2D eigenvalue weighted by Crippen LogP contribution is 2.23. The van der Waals surface area contributed by atoms with Crippen LogP contribution in [-0.4, -0.2) is 18.4 Å². The Hall–Kier alpha value is -2.14.